The summed E-state index contributed by atoms with van der Waals surface area (Å²) in [7, 11) is 1.65. The Labute approximate surface area is 109 Å². The number of nitrogens with one attached hydrogen (secondary N) is 1. The summed E-state index contributed by atoms with van der Waals surface area (Å²) in [5.74, 6) is 1.48. The number of ether oxygens (including phenoxy) is 1. The molecule has 1 aromatic rings. The van der Waals surface area contributed by atoms with Crippen LogP contribution in [0.3, 0.4) is 0 Å². The lowest BCUT2D eigenvalue weighted by Crippen LogP contribution is -2.21. The van der Waals surface area contributed by atoms with Crippen molar-refractivity contribution in [3.8, 4) is 5.75 Å². The third kappa shape index (κ3) is 5.42. The van der Waals surface area contributed by atoms with E-state index in [4.69, 9.17) is 16.3 Å². The average Bonchev–Trinajstić information content (AvgIpc) is 2.30. The second-order valence-corrected chi connectivity index (χ2v) is 5.08. The molecule has 0 aliphatic heterocycles. The van der Waals surface area contributed by atoms with Crippen LogP contribution < -0.4 is 10.1 Å². The van der Waals surface area contributed by atoms with E-state index in [1.165, 1.54) is 5.56 Å². The van der Waals surface area contributed by atoms with Crippen molar-refractivity contribution in [1.29, 1.82) is 0 Å². The molecule has 0 atom stereocenters. The molecule has 0 aliphatic carbocycles. The number of aryl methyl sites for hydroxylation is 1. The van der Waals surface area contributed by atoms with Gasteiger partial charge in [-0.2, -0.15) is 0 Å². The Morgan fingerprint density at radius 1 is 1.35 bits per heavy atom. The first-order valence-electron chi connectivity index (χ1n) is 6.16. The normalized spacial score (nSPS) is 10.9. The Morgan fingerprint density at radius 2 is 2.12 bits per heavy atom. The molecule has 0 heterocycles. The zero-order valence-corrected chi connectivity index (χ0v) is 11.7. The molecule has 1 rings (SSSR count). The van der Waals surface area contributed by atoms with E-state index in [-0.39, 0.29) is 0 Å². The monoisotopic (exact) mass is 255 g/mol. The van der Waals surface area contributed by atoms with Crippen LogP contribution in [-0.4, -0.2) is 20.2 Å². The number of hydrogen-bond acceptors (Lipinski definition) is 2. The van der Waals surface area contributed by atoms with Gasteiger partial charge >= 0.3 is 0 Å². The smallest absolute Gasteiger partial charge is 0.137 e. The summed E-state index contributed by atoms with van der Waals surface area (Å²) in [6, 6.07) is 5.98. The molecule has 1 N–H and O–H groups in total. The van der Waals surface area contributed by atoms with Gasteiger partial charge in [0.25, 0.3) is 0 Å². The van der Waals surface area contributed by atoms with Gasteiger partial charge < -0.3 is 10.1 Å². The lowest BCUT2D eigenvalue weighted by molar-refractivity contribution is 0.414. The first-order chi connectivity index (χ1) is 8.13. The molecule has 3 heteroatoms. The number of methoxy groups -OCH3 is 1. The molecule has 0 saturated heterocycles. The van der Waals surface area contributed by atoms with Gasteiger partial charge in [-0.15, -0.1) is 0 Å². The third-order valence-corrected chi connectivity index (χ3v) is 2.90. The maximum atomic E-state index is 5.98. The maximum Gasteiger partial charge on any atom is 0.137 e. The minimum atomic E-state index is 0.675. The van der Waals surface area contributed by atoms with Crippen LogP contribution >= 0.6 is 11.6 Å². The minimum absolute atomic E-state index is 0.675. The van der Waals surface area contributed by atoms with Crippen molar-refractivity contribution in [2.24, 2.45) is 5.92 Å². The standard InChI is InChI=1S/C14H22ClNO/c1-11(2)10-16-8-4-5-12-6-7-13(15)14(9-12)17-3/h6-7,9,11,16H,4-5,8,10H2,1-3H3. The third-order valence-electron chi connectivity index (χ3n) is 2.59. The summed E-state index contributed by atoms with van der Waals surface area (Å²) < 4.78 is 5.20. The van der Waals surface area contributed by atoms with Crippen molar-refractivity contribution in [3.05, 3.63) is 28.8 Å². The van der Waals surface area contributed by atoms with Crippen molar-refractivity contribution in [3.63, 3.8) is 0 Å². The summed E-state index contributed by atoms with van der Waals surface area (Å²) >= 11 is 5.98. The molecule has 0 aliphatic rings. The van der Waals surface area contributed by atoms with E-state index in [1.54, 1.807) is 7.11 Å². The highest BCUT2D eigenvalue weighted by Crippen LogP contribution is 2.25. The maximum absolute atomic E-state index is 5.98. The summed E-state index contributed by atoms with van der Waals surface area (Å²) in [6.07, 6.45) is 2.19. The molecule has 2 nitrogen and oxygen atoms in total. The van der Waals surface area contributed by atoms with Crippen LogP contribution in [0.15, 0.2) is 18.2 Å². The molecule has 0 aromatic heterocycles. The van der Waals surface area contributed by atoms with Gasteiger partial charge in [0, 0.05) is 0 Å². The zero-order valence-electron chi connectivity index (χ0n) is 10.9. The highest BCUT2D eigenvalue weighted by atomic mass is 35.5. The quantitative estimate of drug-likeness (QED) is 0.753. The largest absolute Gasteiger partial charge is 0.495 e. The molecule has 0 bridgehead atoms. The molecular weight excluding hydrogens is 234 g/mol. The molecular formula is C14H22ClNO. The fourth-order valence-electron chi connectivity index (χ4n) is 1.67. The number of hydrogen-bond donors (Lipinski definition) is 1. The lowest BCUT2D eigenvalue weighted by Gasteiger charge is -2.08. The Morgan fingerprint density at radius 3 is 2.76 bits per heavy atom. The van der Waals surface area contributed by atoms with Gasteiger partial charge in [0.1, 0.15) is 5.75 Å². The molecule has 0 spiro atoms. The van der Waals surface area contributed by atoms with Crippen LogP contribution in [0.5, 0.6) is 5.75 Å². The second-order valence-electron chi connectivity index (χ2n) is 4.67. The fraction of sp³-hybridized carbons (Fsp3) is 0.571. The van der Waals surface area contributed by atoms with E-state index in [0.29, 0.717) is 10.9 Å². The fourth-order valence-corrected chi connectivity index (χ4v) is 1.86. The molecule has 0 fully saturated rings. The minimum Gasteiger partial charge on any atom is -0.495 e. The van der Waals surface area contributed by atoms with Gasteiger partial charge in [-0.3, -0.25) is 0 Å². The van der Waals surface area contributed by atoms with Crippen LogP contribution in [0.25, 0.3) is 0 Å². The average molecular weight is 256 g/mol. The number of benzene rings is 1. The van der Waals surface area contributed by atoms with E-state index < -0.39 is 0 Å². The lowest BCUT2D eigenvalue weighted by atomic mass is 10.1. The molecule has 17 heavy (non-hydrogen) atoms. The highest BCUT2D eigenvalue weighted by Gasteiger charge is 2.01. The number of rotatable bonds is 7. The van der Waals surface area contributed by atoms with Gasteiger partial charge in [-0.1, -0.05) is 31.5 Å². The van der Waals surface area contributed by atoms with E-state index in [0.717, 1.165) is 31.7 Å². The van der Waals surface area contributed by atoms with Crippen molar-refractivity contribution < 1.29 is 4.74 Å². The van der Waals surface area contributed by atoms with Crippen molar-refractivity contribution in [2.45, 2.75) is 26.7 Å². The highest BCUT2D eigenvalue weighted by molar-refractivity contribution is 6.32. The van der Waals surface area contributed by atoms with Gasteiger partial charge in [-0.05, 0) is 49.5 Å². The number of halogens is 1. The SMILES string of the molecule is COc1cc(CCCNCC(C)C)ccc1Cl. The molecule has 96 valence electrons. The molecule has 0 saturated carbocycles. The van der Waals surface area contributed by atoms with E-state index >= 15 is 0 Å². The summed E-state index contributed by atoms with van der Waals surface area (Å²) in [5, 5.41) is 4.11. The van der Waals surface area contributed by atoms with Crippen molar-refractivity contribution >= 4 is 11.6 Å². The summed E-state index contributed by atoms with van der Waals surface area (Å²) in [5.41, 5.74) is 1.28. The van der Waals surface area contributed by atoms with Gasteiger partial charge in [0.15, 0.2) is 0 Å². The van der Waals surface area contributed by atoms with Gasteiger partial charge in [-0.25, -0.2) is 0 Å². The van der Waals surface area contributed by atoms with E-state index in [9.17, 15) is 0 Å². The predicted molar refractivity (Wildman–Crippen MR) is 74.0 cm³/mol. The molecule has 1 aromatic carbocycles. The Bertz CT molecular complexity index is 339. The Kier molecular flexibility index (Phi) is 6.38. The summed E-state index contributed by atoms with van der Waals surface area (Å²) in [6.45, 7) is 6.58. The van der Waals surface area contributed by atoms with E-state index in [1.807, 2.05) is 12.1 Å². The van der Waals surface area contributed by atoms with Crippen molar-refractivity contribution in [1.82, 2.24) is 5.32 Å². The van der Waals surface area contributed by atoms with Crippen LogP contribution in [0.1, 0.15) is 25.8 Å². The van der Waals surface area contributed by atoms with Crippen LogP contribution in [0, 0.1) is 5.92 Å². The van der Waals surface area contributed by atoms with Crippen LogP contribution in [0.2, 0.25) is 5.02 Å². The van der Waals surface area contributed by atoms with Crippen LogP contribution in [-0.2, 0) is 6.42 Å². The Hall–Kier alpha value is -0.730. The molecule has 0 radical (unpaired) electrons. The zero-order chi connectivity index (χ0) is 12.7. The molecule has 0 unspecified atom stereocenters. The molecule has 0 amide bonds. The Balaban J connectivity index is 2.32. The second kappa shape index (κ2) is 7.57. The topological polar surface area (TPSA) is 21.3 Å². The first-order valence-corrected chi connectivity index (χ1v) is 6.54. The van der Waals surface area contributed by atoms with Crippen molar-refractivity contribution in [2.75, 3.05) is 20.2 Å². The summed E-state index contributed by atoms with van der Waals surface area (Å²) in [4.78, 5) is 0. The first kappa shape index (κ1) is 14.3. The van der Waals surface area contributed by atoms with E-state index in [2.05, 4.69) is 25.2 Å². The predicted octanol–water partition coefficient (Wildman–Crippen LogP) is 3.53. The van der Waals surface area contributed by atoms with Gasteiger partial charge in [0.05, 0.1) is 12.1 Å². The van der Waals surface area contributed by atoms with Gasteiger partial charge in [0.2, 0.25) is 0 Å². The van der Waals surface area contributed by atoms with Crippen LogP contribution in [0.4, 0.5) is 0 Å².